The molecule has 3 aromatic heterocycles. The molecule has 0 aliphatic heterocycles. The molecule has 0 radical (unpaired) electrons. The summed E-state index contributed by atoms with van der Waals surface area (Å²) in [7, 11) is -3.89. The van der Waals surface area contributed by atoms with Gasteiger partial charge in [-0.15, -0.1) is 0 Å². The zero-order valence-corrected chi connectivity index (χ0v) is 20.2. The molecule has 0 saturated heterocycles. The third kappa shape index (κ3) is 4.53. The standard InChI is InChI=1S/C26H21N5O4S/c1-16-17(2)30-35-26(16)31-36(33,34)20-9-7-19(8-10-20)28-25(32)22-15-24(18-11-13-27-14-12-18)29-23-6-4-3-5-21(22)23/h3-15,31H,1-2H3,(H,28,32). The largest absolute Gasteiger partial charge is 0.337 e. The summed E-state index contributed by atoms with van der Waals surface area (Å²) < 4.78 is 32.9. The number of carbonyl (C=O) groups is 1. The normalized spacial score (nSPS) is 11.4. The lowest BCUT2D eigenvalue weighted by atomic mass is 10.0. The lowest BCUT2D eigenvalue weighted by Gasteiger charge is -2.11. The van der Waals surface area contributed by atoms with E-state index in [-0.39, 0.29) is 16.7 Å². The van der Waals surface area contributed by atoms with Gasteiger partial charge in [0.1, 0.15) is 0 Å². The quantitative estimate of drug-likeness (QED) is 0.338. The number of para-hydroxylation sites is 1. The van der Waals surface area contributed by atoms with E-state index in [9.17, 15) is 13.2 Å². The third-order valence-electron chi connectivity index (χ3n) is 5.74. The van der Waals surface area contributed by atoms with Crippen molar-refractivity contribution in [2.45, 2.75) is 18.7 Å². The Bertz CT molecular complexity index is 1680. The molecule has 36 heavy (non-hydrogen) atoms. The van der Waals surface area contributed by atoms with Gasteiger partial charge in [-0.2, -0.15) is 0 Å². The van der Waals surface area contributed by atoms with Crippen LogP contribution in [-0.2, 0) is 10.0 Å². The Kier molecular flexibility index (Phi) is 5.95. The number of pyridine rings is 2. The van der Waals surface area contributed by atoms with Gasteiger partial charge in [0.05, 0.1) is 27.4 Å². The molecular formula is C26H21N5O4S. The minimum Gasteiger partial charge on any atom is -0.337 e. The molecule has 180 valence electrons. The van der Waals surface area contributed by atoms with Crippen molar-refractivity contribution in [1.82, 2.24) is 15.1 Å². The SMILES string of the molecule is Cc1noc(NS(=O)(=O)c2ccc(NC(=O)c3cc(-c4ccncc4)nc4ccccc34)cc2)c1C. The smallest absolute Gasteiger partial charge is 0.264 e. The zero-order chi connectivity index (χ0) is 25.3. The maximum Gasteiger partial charge on any atom is 0.264 e. The van der Waals surface area contributed by atoms with Gasteiger partial charge in [0, 0.05) is 34.6 Å². The molecule has 5 aromatic rings. The van der Waals surface area contributed by atoms with E-state index < -0.39 is 10.0 Å². The molecule has 0 atom stereocenters. The number of nitrogens with one attached hydrogen (secondary N) is 2. The van der Waals surface area contributed by atoms with E-state index in [2.05, 4.69) is 25.2 Å². The van der Waals surface area contributed by atoms with Gasteiger partial charge in [-0.25, -0.2) is 18.1 Å². The van der Waals surface area contributed by atoms with Crippen molar-refractivity contribution < 1.29 is 17.7 Å². The predicted molar refractivity (Wildman–Crippen MR) is 136 cm³/mol. The van der Waals surface area contributed by atoms with Crippen LogP contribution in [0, 0.1) is 13.8 Å². The molecule has 9 nitrogen and oxygen atoms in total. The second kappa shape index (κ2) is 9.23. The van der Waals surface area contributed by atoms with Crippen molar-refractivity contribution in [2.24, 2.45) is 0 Å². The molecular weight excluding hydrogens is 478 g/mol. The molecule has 2 N–H and O–H groups in total. The molecule has 5 rings (SSSR count). The number of amides is 1. The molecule has 0 fully saturated rings. The van der Waals surface area contributed by atoms with Crippen molar-refractivity contribution in [2.75, 3.05) is 10.0 Å². The van der Waals surface area contributed by atoms with Crippen molar-refractivity contribution in [3.05, 3.63) is 95.9 Å². The summed E-state index contributed by atoms with van der Waals surface area (Å²) in [6, 6.07) is 18.6. The number of carbonyl (C=O) groups excluding carboxylic acids is 1. The maximum atomic E-state index is 13.3. The van der Waals surface area contributed by atoms with Crippen LogP contribution in [0.15, 0.2) is 88.5 Å². The fourth-order valence-electron chi connectivity index (χ4n) is 3.64. The number of nitrogens with zero attached hydrogens (tertiary/aromatic N) is 3. The average molecular weight is 500 g/mol. The highest BCUT2D eigenvalue weighted by Crippen LogP contribution is 2.26. The highest BCUT2D eigenvalue weighted by Gasteiger charge is 2.20. The first-order valence-corrected chi connectivity index (χ1v) is 12.5. The molecule has 0 saturated carbocycles. The predicted octanol–water partition coefficient (Wildman–Crippen LogP) is 4.95. The Balaban J connectivity index is 1.41. The zero-order valence-electron chi connectivity index (χ0n) is 19.4. The highest BCUT2D eigenvalue weighted by atomic mass is 32.2. The minimum absolute atomic E-state index is 0.0169. The van der Waals surface area contributed by atoms with Crippen LogP contribution in [0.1, 0.15) is 21.6 Å². The van der Waals surface area contributed by atoms with Crippen molar-refractivity contribution in [3.63, 3.8) is 0 Å². The van der Waals surface area contributed by atoms with Crippen LogP contribution in [0.3, 0.4) is 0 Å². The number of anilines is 2. The van der Waals surface area contributed by atoms with Crippen LogP contribution in [0.25, 0.3) is 22.2 Å². The number of rotatable bonds is 6. The van der Waals surface area contributed by atoms with E-state index in [0.717, 1.165) is 5.56 Å². The first kappa shape index (κ1) is 23.2. The Morgan fingerprint density at radius 3 is 2.36 bits per heavy atom. The molecule has 0 bridgehead atoms. The summed E-state index contributed by atoms with van der Waals surface area (Å²) in [4.78, 5) is 22.0. The summed E-state index contributed by atoms with van der Waals surface area (Å²) in [5.41, 5.74) is 4.26. The summed E-state index contributed by atoms with van der Waals surface area (Å²) in [6.07, 6.45) is 3.34. The van der Waals surface area contributed by atoms with E-state index in [1.807, 2.05) is 36.4 Å². The van der Waals surface area contributed by atoms with Gasteiger partial charge in [0.25, 0.3) is 15.9 Å². The van der Waals surface area contributed by atoms with Crippen LogP contribution in [0.2, 0.25) is 0 Å². The first-order chi connectivity index (χ1) is 17.3. The Morgan fingerprint density at radius 2 is 1.67 bits per heavy atom. The van der Waals surface area contributed by atoms with E-state index in [0.29, 0.717) is 39.1 Å². The van der Waals surface area contributed by atoms with Crippen molar-refractivity contribution in [1.29, 1.82) is 0 Å². The molecule has 1 amide bonds. The van der Waals surface area contributed by atoms with Crippen molar-refractivity contribution in [3.8, 4) is 11.3 Å². The monoisotopic (exact) mass is 499 g/mol. The number of aromatic nitrogens is 3. The molecule has 3 heterocycles. The highest BCUT2D eigenvalue weighted by molar-refractivity contribution is 7.92. The fraction of sp³-hybridized carbons (Fsp3) is 0.0769. The van der Waals surface area contributed by atoms with E-state index in [4.69, 9.17) is 4.52 Å². The Labute approximate surface area is 207 Å². The van der Waals surface area contributed by atoms with E-state index >= 15 is 0 Å². The van der Waals surface area contributed by atoms with Crippen LogP contribution < -0.4 is 10.0 Å². The Hall–Kier alpha value is -4.57. The molecule has 0 aliphatic rings. The summed E-state index contributed by atoms with van der Waals surface area (Å²) in [6.45, 7) is 3.44. The molecule has 0 spiro atoms. The number of hydrogen-bond donors (Lipinski definition) is 2. The maximum absolute atomic E-state index is 13.3. The van der Waals surface area contributed by atoms with Gasteiger partial charge < -0.3 is 9.84 Å². The Morgan fingerprint density at radius 1 is 0.944 bits per heavy atom. The molecule has 2 aromatic carbocycles. The fourth-order valence-corrected chi connectivity index (χ4v) is 4.69. The van der Waals surface area contributed by atoms with Gasteiger partial charge in [-0.3, -0.25) is 9.78 Å². The number of benzene rings is 2. The minimum atomic E-state index is -3.89. The van der Waals surface area contributed by atoms with E-state index in [1.165, 1.54) is 24.3 Å². The number of sulfonamides is 1. The second-order valence-electron chi connectivity index (χ2n) is 8.11. The van der Waals surface area contributed by atoms with Gasteiger partial charge in [0.2, 0.25) is 5.88 Å². The van der Waals surface area contributed by atoms with Gasteiger partial charge in [-0.1, -0.05) is 23.4 Å². The number of fused-ring (bicyclic) bond motifs is 1. The number of aryl methyl sites for hydroxylation is 1. The number of hydrogen-bond acceptors (Lipinski definition) is 7. The third-order valence-corrected chi connectivity index (χ3v) is 7.09. The molecule has 0 unspecified atom stereocenters. The summed E-state index contributed by atoms with van der Waals surface area (Å²) in [5, 5.41) is 7.31. The van der Waals surface area contributed by atoms with Gasteiger partial charge in [-0.05, 0) is 62.4 Å². The van der Waals surface area contributed by atoms with E-state index in [1.54, 1.807) is 32.3 Å². The second-order valence-corrected chi connectivity index (χ2v) is 9.80. The molecule has 0 aliphatic carbocycles. The van der Waals surface area contributed by atoms with Crippen LogP contribution >= 0.6 is 0 Å². The average Bonchev–Trinajstić information content (AvgIpc) is 3.20. The van der Waals surface area contributed by atoms with Crippen LogP contribution in [0.5, 0.6) is 0 Å². The lowest BCUT2D eigenvalue weighted by molar-refractivity contribution is 0.102. The van der Waals surface area contributed by atoms with Crippen molar-refractivity contribution >= 4 is 38.4 Å². The van der Waals surface area contributed by atoms with Gasteiger partial charge in [0.15, 0.2) is 0 Å². The molecule has 10 heteroatoms. The van der Waals surface area contributed by atoms with Gasteiger partial charge >= 0.3 is 0 Å². The summed E-state index contributed by atoms with van der Waals surface area (Å²) >= 11 is 0. The van der Waals surface area contributed by atoms with Crippen LogP contribution in [-0.4, -0.2) is 29.4 Å². The van der Waals surface area contributed by atoms with Crippen LogP contribution in [0.4, 0.5) is 11.6 Å². The summed E-state index contributed by atoms with van der Waals surface area (Å²) in [5.74, 6) is -0.273. The lowest BCUT2D eigenvalue weighted by Crippen LogP contribution is -2.15. The topological polar surface area (TPSA) is 127 Å². The first-order valence-electron chi connectivity index (χ1n) is 11.0.